The Morgan fingerprint density at radius 3 is 2.67 bits per heavy atom. The van der Waals surface area contributed by atoms with Crippen molar-refractivity contribution in [2.45, 2.75) is 21.7 Å². The fourth-order valence-corrected chi connectivity index (χ4v) is 3.91. The first-order valence-electron chi connectivity index (χ1n) is 6.10. The van der Waals surface area contributed by atoms with Crippen molar-refractivity contribution in [3.05, 3.63) is 35.4 Å². The second-order valence-electron chi connectivity index (χ2n) is 4.84. The zero-order chi connectivity index (χ0) is 12.8. The smallest absolute Gasteiger partial charge is 0.119 e. The molecule has 1 aliphatic carbocycles. The van der Waals surface area contributed by atoms with Gasteiger partial charge in [0.05, 0.1) is 10.6 Å². The van der Waals surface area contributed by atoms with Crippen molar-refractivity contribution in [2.75, 3.05) is 13.1 Å². The molecule has 0 fully saturated rings. The third-order valence-electron chi connectivity index (χ3n) is 3.75. The topological polar surface area (TPSA) is 24.4 Å². The van der Waals surface area contributed by atoms with E-state index in [-0.39, 0.29) is 0 Å². The number of hydrogen-bond acceptors (Lipinski definition) is 5. The van der Waals surface area contributed by atoms with Crippen LogP contribution in [0.15, 0.2) is 29.3 Å². The molecule has 1 aliphatic heterocycles. The van der Waals surface area contributed by atoms with E-state index in [0.717, 1.165) is 31.8 Å². The molecule has 3 rings (SSSR count). The Hall–Kier alpha value is -0.260. The van der Waals surface area contributed by atoms with E-state index >= 15 is 0 Å². The van der Waals surface area contributed by atoms with E-state index < -0.39 is 8.83 Å². The standard InChI is InChI=1S/C13H16N2S3/c16-12(17)6-5-9-3-1-2-4-10(9)13(12,18)11-14-7-8-15-11/h1-4,16-18H,5-8H2,(H,14,15). The van der Waals surface area contributed by atoms with Crippen LogP contribution in [0, 0.1) is 0 Å². The highest BCUT2D eigenvalue weighted by atomic mass is 32.2. The van der Waals surface area contributed by atoms with Crippen molar-refractivity contribution in [3.63, 3.8) is 0 Å². The summed E-state index contributed by atoms with van der Waals surface area (Å²) in [5.41, 5.74) is 2.50. The molecule has 0 bridgehead atoms. The van der Waals surface area contributed by atoms with Gasteiger partial charge in [0.25, 0.3) is 0 Å². The molecule has 2 aliphatic rings. The van der Waals surface area contributed by atoms with Crippen LogP contribution in [-0.4, -0.2) is 23.0 Å². The minimum atomic E-state index is -0.551. The predicted molar refractivity (Wildman–Crippen MR) is 86.4 cm³/mol. The zero-order valence-corrected chi connectivity index (χ0v) is 12.6. The number of amidine groups is 1. The third-order valence-corrected chi connectivity index (χ3v) is 6.05. The first-order valence-corrected chi connectivity index (χ1v) is 7.44. The van der Waals surface area contributed by atoms with Gasteiger partial charge in [0.2, 0.25) is 0 Å². The number of nitrogens with one attached hydrogen (secondary N) is 1. The Morgan fingerprint density at radius 2 is 1.94 bits per heavy atom. The van der Waals surface area contributed by atoms with Gasteiger partial charge in [0.15, 0.2) is 0 Å². The van der Waals surface area contributed by atoms with Gasteiger partial charge in [-0.3, -0.25) is 4.99 Å². The van der Waals surface area contributed by atoms with Crippen LogP contribution < -0.4 is 5.32 Å². The van der Waals surface area contributed by atoms with Gasteiger partial charge in [-0.1, -0.05) is 24.3 Å². The van der Waals surface area contributed by atoms with Gasteiger partial charge in [-0.25, -0.2) is 0 Å². The minimum Gasteiger partial charge on any atom is -0.370 e. The summed E-state index contributed by atoms with van der Waals surface area (Å²) < 4.78 is -1.05. The SMILES string of the molecule is SC1(S)CCc2ccccc2C1(S)C1=NCCN1. The second-order valence-corrected chi connectivity index (χ2v) is 7.39. The van der Waals surface area contributed by atoms with E-state index in [9.17, 15) is 0 Å². The van der Waals surface area contributed by atoms with E-state index in [1.165, 1.54) is 11.1 Å². The van der Waals surface area contributed by atoms with Crippen molar-refractivity contribution >= 4 is 43.7 Å². The lowest BCUT2D eigenvalue weighted by atomic mass is 9.80. The molecule has 1 unspecified atom stereocenters. The monoisotopic (exact) mass is 296 g/mol. The lowest BCUT2D eigenvalue weighted by molar-refractivity contribution is 0.593. The zero-order valence-electron chi connectivity index (χ0n) is 9.93. The molecule has 1 aromatic rings. The van der Waals surface area contributed by atoms with Crippen LogP contribution in [0.3, 0.4) is 0 Å². The van der Waals surface area contributed by atoms with Gasteiger partial charge in [-0.2, -0.15) is 37.9 Å². The van der Waals surface area contributed by atoms with E-state index in [2.05, 4.69) is 28.5 Å². The number of nitrogens with zero attached hydrogens (tertiary/aromatic N) is 1. The number of benzene rings is 1. The maximum Gasteiger partial charge on any atom is 0.119 e. The van der Waals surface area contributed by atoms with Crippen LogP contribution in [0.4, 0.5) is 0 Å². The van der Waals surface area contributed by atoms with Crippen LogP contribution in [0.25, 0.3) is 0 Å². The highest BCUT2D eigenvalue weighted by Crippen LogP contribution is 2.53. The van der Waals surface area contributed by atoms with Crippen LogP contribution in [0.1, 0.15) is 17.5 Å². The Balaban J connectivity index is 2.20. The molecule has 1 heterocycles. The molecule has 0 aromatic heterocycles. The normalized spacial score (nSPS) is 29.4. The summed E-state index contributed by atoms with van der Waals surface area (Å²) in [5, 5.41) is 3.34. The van der Waals surface area contributed by atoms with Crippen molar-refractivity contribution < 1.29 is 0 Å². The first kappa shape index (κ1) is 12.8. The maximum absolute atomic E-state index is 4.96. The fraction of sp³-hybridized carbons (Fsp3) is 0.462. The summed E-state index contributed by atoms with van der Waals surface area (Å²) in [6, 6.07) is 8.39. The van der Waals surface area contributed by atoms with Gasteiger partial charge in [-0.15, -0.1) is 0 Å². The van der Waals surface area contributed by atoms with E-state index in [1.807, 2.05) is 6.07 Å². The Bertz CT molecular complexity index is 513. The van der Waals surface area contributed by atoms with Gasteiger partial charge in [0.1, 0.15) is 10.6 Å². The second kappa shape index (κ2) is 4.39. The molecule has 1 N–H and O–H groups in total. The number of aryl methyl sites for hydroxylation is 1. The molecular formula is C13H16N2S3. The molecule has 0 amide bonds. The van der Waals surface area contributed by atoms with Crippen LogP contribution >= 0.6 is 37.9 Å². The predicted octanol–water partition coefficient (Wildman–Crippen LogP) is 2.32. The molecule has 0 saturated carbocycles. The fourth-order valence-electron chi connectivity index (χ4n) is 2.75. The quantitative estimate of drug-likeness (QED) is 0.464. The molecule has 0 spiro atoms. The Morgan fingerprint density at radius 1 is 1.17 bits per heavy atom. The molecule has 0 saturated heterocycles. The van der Waals surface area contributed by atoms with Crippen LogP contribution in [-0.2, 0) is 11.2 Å². The molecule has 1 aromatic carbocycles. The first-order chi connectivity index (χ1) is 8.56. The Labute approximate surface area is 124 Å². The molecule has 96 valence electrons. The molecular weight excluding hydrogens is 280 g/mol. The molecule has 0 radical (unpaired) electrons. The van der Waals surface area contributed by atoms with Crippen molar-refractivity contribution in [1.82, 2.24) is 5.32 Å². The molecule has 5 heteroatoms. The maximum atomic E-state index is 4.96. The summed E-state index contributed by atoms with van der Waals surface area (Å²) in [6.45, 7) is 1.68. The number of hydrogen-bond donors (Lipinski definition) is 4. The van der Waals surface area contributed by atoms with Gasteiger partial charge in [0, 0.05) is 6.54 Å². The summed E-state index contributed by atoms with van der Waals surface area (Å²) in [4.78, 5) is 4.56. The average molecular weight is 296 g/mol. The van der Waals surface area contributed by atoms with E-state index in [0.29, 0.717) is 0 Å². The minimum absolute atomic E-state index is 0.499. The lowest BCUT2D eigenvalue weighted by Gasteiger charge is -2.46. The number of aliphatic imine (C=N–C) groups is 1. The Kier molecular flexibility index (Phi) is 3.11. The highest BCUT2D eigenvalue weighted by molar-refractivity contribution is 8.02. The third kappa shape index (κ3) is 1.71. The van der Waals surface area contributed by atoms with Crippen molar-refractivity contribution in [1.29, 1.82) is 0 Å². The number of thiol groups is 3. The lowest BCUT2D eigenvalue weighted by Crippen LogP contribution is -2.52. The number of rotatable bonds is 1. The van der Waals surface area contributed by atoms with Crippen molar-refractivity contribution in [3.8, 4) is 0 Å². The summed E-state index contributed by atoms with van der Waals surface area (Å²) in [5.74, 6) is 0.906. The average Bonchev–Trinajstić information content (AvgIpc) is 2.89. The van der Waals surface area contributed by atoms with E-state index in [1.54, 1.807) is 0 Å². The molecule has 2 nitrogen and oxygen atoms in total. The van der Waals surface area contributed by atoms with Crippen LogP contribution in [0.5, 0.6) is 0 Å². The van der Waals surface area contributed by atoms with E-state index in [4.69, 9.17) is 37.9 Å². The summed E-state index contributed by atoms with van der Waals surface area (Å²) in [6.07, 6.45) is 1.86. The molecule has 1 atom stereocenters. The molecule has 18 heavy (non-hydrogen) atoms. The van der Waals surface area contributed by atoms with Gasteiger partial charge >= 0.3 is 0 Å². The van der Waals surface area contributed by atoms with Crippen LogP contribution in [0.2, 0.25) is 0 Å². The summed E-state index contributed by atoms with van der Waals surface area (Å²) in [7, 11) is 0. The van der Waals surface area contributed by atoms with Gasteiger partial charge in [-0.05, 0) is 24.0 Å². The number of fused-ring (bicyclic) bond motifs is 1. The van der Waals surface area contributed by atoms with Crippen molar-refractivity contribution in [2.24, 2.45) is 4.99 Å². The summed E-state index contributed by atoms with van der Waals surface area (Å²) >= 11 is 14.5. The van der Waals surface area contributed by atoms with Gasteiger partial charge < -0.3 is 5.32 Å². The highest BCUT2D eigenvalue weighted by Gasteiger charge is 2.53. The largest absolute Gasteiger partial charge is 0.370 e.